The van der Waals surface area contributed by atoms with Crippen LogP contribution in [0.5, 0.6) is 0 Å². The normalized spacial score (nSPS) is 13.2. The van der Waals surface area contributed by atoms with Crippen molar-refractivity contribution in [2.75, 3.05) is 0 Å². The summed E-state index contributed by atoms with van der Waals surface area (Å²) in [5, 5.41) is 7.10. The molecule has 0 saturated heterocycles. The van der Waals surface area contributed by atoms with Gasteiger partial charge in [0.25, 0.3) is 0 Å². The Bertz CT molecular complexity index is 2990. The number of benzene rings is 7. The minimum absolute atomic E-state index is 0.0718. The molecular weight excluding hydrogens is 715 g/mol. The third-order valence-electron chi connectivity index (χ3n) is 11.6. The van der Waals surface area contributed by atoms with E-state index >= 15 is 0 Å². The number of nitrogens with zero attached hydrogens (tertiary/aromatic N) is 3. The first-order valence-electron chi connectivity index (χ1n) is 19.3. The van der Waals surface area contributed by atoms with Crippen LogP contribution in [0.1, 0.15) is 25.0 Å². The van der Waals surface area contributed by atoms with Crippen molar-refractivity contribution >= 4 is 45.5 Å². The third kappa shape index (κ3) is 5.73. The van der Waals surface area contributed by atoms with Gasteiger partial charge in [-0.25, -0.2) is 15.0 Å². The molecule has 0 radical (unpaired) electrons. The smallest absolute Gasteiger partial charge is 0.164 e. The van der Waals surface area contributed by atoms with Crippen molar-refractivity contribution in [1.29, 1.82) is 0 Å². The Balaban J connectivity index is 1.11. The van der Waals surface area contributed by atoms with E-state index in [9.17, 15) is 0 Å². The van der Waals surface area contributed by atoms with E-state index in [0.29, 0.717) is 17.5 Å². The first-order valence-corrected chi connectivity index (χ1v) is 23.7. The molecular formula is C51H41N3SSi. The van der Waals surface area contributed by atoms with Crippen molar-refractivity contribution in [3.8, 4) is 67.5 Å². The van der Waals surface area contributed by atoms with Crippen LogP contribution >= 0.6 is 11.3 Å². The highest BCUT2D eigenvalue weighted by Crippen LogP contribution is 2.50. The lowest BCUT2D eigenvalue weighted by molar-refractivity contribution is 0.660. The second kappa shape index (κ2) is 13.0. The molecule has 10 rings (SSSR count). The molecule has 1 aliphatic rings. The van der Waals surface area contributed by atoms with Crippen LogP contribution in [0, 0.1) is 0 Å². The molecule has 7 aromatic carbocycles. The maximum Gasteiger partial charge on any atom is 0.164 e. The summed E-state index contributed by atoms with van der Waals surface area (Å²) in [5.74, 6) is 2.02. The van der Waals surface area contributed by atoms with Crippen LogP contribution in [0.4, 0.5) is 0 Å². The van der Waals surface area contributed by atoms with Gasteiger partial charge in [-0.3, -0.25) is 0 Å². The highest BCUT2D eigenvalue weighted by molar-refractivity contribution is 7.17. The van der Waals surface area contributed by atoms with Crippen molar-refractivity contribution in [2.24, 2.45) is 0 Å². The average molecular weight is 756 g/mol. The monoisotopic (exact) mass is 755 g/mol. The van der Waals surface area contributed by atoms with Gasteiger partial charge in [0.1, 0.15) is 0 Å². The maximum absolute atomic E-state index is 5.25. The van der Waals surface area contributed by atoms with Crippen molar-refractivity contribution in [3.63, 3.8) is 0 Å². The zero-order valence-corrected chi connectivity index (χ0v) is 34.1. The molecule has 5 heteroatoms. The van der Waals surface area contributed by atoms with Gasteiger partial charge in [0.05, 0.1) is 8.07 Å². The minimum atomic E-state index is -1.59. The summed E-state index contributed by atoms with van der Waals surface area (Å²) in [6.07, 6.45) is 0. The van der Waals surface area contributed by atoms with Gasteiger partial charge in [-0.1, -0.05) is 178 Å². The second-order valence-corrected chi connectivity index (χ2v) is 22.5. The molecule has 0 fully saturated rings. The van der Waals surface area contributed by atoms with Crippen molar-refractivity contribution in [3.05, 3.63) is 168 Å². The number of rotatable bonds is 6. The van der Waals surface area contributed by atoms with E-state index in [1.165, 1.54) is 65.2 Å². The van der Waals surface area contributed by atoms with Gasteiger partial charge in [-0.2, -0.15) is 0 Å². The summed E-state index contributed by atoms with van der Waals surface area (Å²) in [4.78, 5) is 15.7. The second-order valence-electron chi connectivity index (χ2n) is 16.5. The van der Waals surface area contributed by atoms with E-state index in [-0.39, 0.29) is 5.41 Å². The van der Waals surface area contributed by atoms with Crippen LogP contribution in [-0.4, -0.2) is 23.0 Å². The summed E-state index contributed by atoms with van der Waals surface area (Å²) >= 11 is 1.78. The number of fused-ring (bicyclic) bond motifs is 5. The molecule has 0 unspecified atom stereocenters. The van der Waals surface area contributed by atoms with Gasteiger partial charge < -0.3 is 0 Å². The Morgan fingerprint density at radius 1 is 0.446 bits per heavy atom. The largest absolute Gasteiger partial charge is 0.208 e. The predicted octanol–water partition coefficient (Wildman–Crippen LogP) is 13.4. The van der Waals surface area contributed by atoms with E-state index in [2.05, 4.69) is 191 Å². The van der Waals surface area contributed by atoms with Crippen LogP contribution in [0.2, 0.25) is 19.6 Å². The zero-order chi connectivity index (χ0) is 38.2. The molecule has 0 saturated carbocycles. The highest BCUT2D eigenvalue weighted by Gasteiger charge is 2.35. The molecule has 0 amide bonds. The standard InChI is InChI=1S/C51H41N3SSi/c1-51(2)45-21-7-6-15-42(45)43-27-26-35(31-46(43)51)38-16-10-19-41-40(38)18-11-20-44(41)50-53-48(52-49(54-50)36-13-8-14-37(30-36)56(3,4)5)34-24-22-32(23-25-34)39-17-9-12-33-28-29-55-47(33)39/h6-31H,1-5H3. The Morgan fingerprint density at radius 2 is 1.05 bits per heavy atom. The molecule has 0 N–H and O–H groups in total. The van der Waals surface area contributed by atoms with Gasteiger partial charge in [-0.05, 0) is 78.2 Å². The van der Waals surface area contributed by atoms with Crippen LogP contribution in [-0.2, 0) is 5.41 Å². The average Bonchev–Trinajstić information content (AvgIpc) is 3.80. The van der Waals surface area contributed by atoms with E-state index < -0.39 is 8.07 Å². The van der Waals surface area contributed by atoms with Crippen LogP contribution in [0.25, 0.3) is 88.4 Å². The maximum atomic E-state index is 5.25. The van der Waals surface area contributed by atoms with Gasteiger partial charge in [0.15, 0.2) is 17.5 Å². The van der Waals surface area contributed by atoms with Crippen molar-refractivity contribution in [2.45, 2.75) is 38.9 Å². The molecule has 0 spiro atoms. The van der Waals surface area contributed by atoms with Gasteiger partial charge >= 0.3 is 0 Å². The summed E-state index contributed by atoms with van der Waals surface area (Å²) < 4.78 is 1.30. The van der Waals surface area contributed by atoms with E-state index in [0.717, 1.165) is 22.1 Å². The SMILES string of the molecule is CC1(C)c2ccccc2-c2ccc(-c3cccc4c(-c5nc(-c6ccc(-c7cccc8ccsc78)cc6)nc(-c6cccc([Si](C)(C)C)c6)n5)cccc34)cc21. The first kappa shape index (κ1) is 34.5. The topological polar surface area (TPSA) is 38.7 Å². The summed E-state index contributed by atoms with van der Waals surface area (Å²) in [5.41, 5.74) is 13.2. The number of hydrogen-bond donors (Lipinski definition) is 0. The Morgan fingerprint density at radius 3 is 1.86 bits per heavy atom. The molecule has 0 atom stereocenters. The molecule has 1 aliphatic carbocycles. The molecule has 9 aromatic rings. The Labute approximate surface area is 333 Å². The molecule has 2 aromatic heterocycles. The van der Waals surface area contributed by atoms with Gasteiger partial charge in [-0.15, -0.1) is 11.3 Å². The summed E-state index contributed by atoms with van der Waals surface area (Å²) in [7, 11) is -1.59. The van der Waals surface area contributed by atoms with Gasteiger partial charge in [0, 0.05) is 26.8 Å². The van der Waals surface area contributed by atoms with E-state index in [1.807, 2.05) is 0 Å². The summed E-state index contributed by atoms with van der Waals surface area (Å²) in [6, 6.07) is 55.2. The Kier molecular flexibility index (Phi) is 8.03. The van der Waals surface area contributed by atoms with Crippen LogP contribution < -0.4 is 5.19 Å². The van der Waals surface area contributed by atoms with E-state index in [1.54, 1.807) is 11.3 Å². The number of aromatic nitrogens is 3. The van der Waals surface area contributed by atoms with Crippen LogP contribution in [0.15, 0.2) is 157 Å². The minimum Gasteiger partial charge on any atom is -0.208 e. The highest BCUT2D eigenvalue weighted by atomic mass is 32.1. The van der Waals surface area contributed by atoms with Crippen molar-refractivity contribution in [1.82, 2.24) is 15.0 Å². The molecule has 3 nitrogen and oxygen atoms in total. The zero-order valence-electron chi connectivity index (χ0n) is 32.3. The Hall–Kier alpha value is -6.01. The lowest BCUT2D eigenvalue weighted by atomic mass is 9.81. The van der Waals surface area contributed by atoms with Gasteiger partial charge in [0.2, 0.25) is 0 Å². The fourth-order valence-corrected chi connectivity index (χ4v) is 10.6. The number of thiophene rings is 1. The lowest BCUT2D eigenvalue weighted by Gasteiger charge is -2.22. The fraction of sp³-hybridized carbons (Fsp3) is 0.118. The third-order valence-corrected chi connectivity index (χ3v) is 14.6. The molecule has 56 heavy (non-hydrogen) atoms. The van der Waals surface area contributed by atoms with Crippen LogP contribution in [0.3, 0.4) is 0 Å². The van der Waals surface area contributed by atoms with Crippen molar-refractivity contribution < 1.29 is 0 Å². The first-order chi connectivity index (χ1) is 27.1. The quantitative estimate of drug-likeness (QED) is 0.159. The molecule has 0 aliphatic heterocycles. The molecule has 270 valence electrons. The predicted molar refractivity (Wildman–Crippen MR) is 240 cm³/mol. The molecule has 2 heterocycles. The lowest BCUT2D eigenvalue weighted by Crippen LogP contribution is -2.37. The molecule has 0 bridgehead atoms. The fourth-order valence-electron chi connectivity index (χ4n) is 8.53. The number of hydrogen-bond acceptors (Lipinski definition) is 4. The summed E-state index contributed by atoms with van der Waals surface area (Å²) in [6.45, 7) is 11.8. The van der Waals surface area contributed by atoms with E-state index in [4.69, 9.17) is 15.0 Å².